The molecule has 1 heterocycles. The Bertz CT molecular complexity index is 1600. The number of carbonyl (C=O) groups is 3. The summed E-state index contributed by atoms with van der Waals surface area (Å²) in [5, 5.41) is 15.1. The van der Waals surface area contributed by atoms with Crippen molar-refractivity contribution in [3.8, 4) is 11.5 Å². The summed E-state index contributed by atoms with van der Waals surface area (Å²) >= 11 is 0. The van der Waals surface area contributed by atoms with E-state index in [1.807, 2.05) is 0 Å². The number of amides is 2. The predicted molar refractivity (Wildman–Crippen MR) is 135 cm³/mol. The fourth-order valence-corrected chi connectivity index (χ4v) is 4.09. The van der Waals surface area contributed by atoms with E-state index in [4.69, 9.17) is 4.74 Å². The molecule has 10 heteroatoms. The summed E-state index contributed by atoms with van der Waals surface area (Å²) in [6, 6.07) is 13.6. The molecule has 3 N–H and O–H groups in total. The van der Waals surface area contributed by atoms with E-state index in [0.717, 1.165) is 6.07 Å². The van der Waals surface area contributed by atoms with Gasteiger partial charge in [-0.25, -0.2) is 13.6 Å². The molecule has 0 saturated heterocycles. The largest absolute Gasteiger partial charge is 0.478 e. The molecular weight excluding hydrogens is 496 g/mol. The number of carboxylic acid groups (broad SMARTS) is 1. The van der Waals surface area contributed by atoms with Crippen LogP contribution in [0.25, 0.3) is 10.9 Å². The van der Waals surface area contributed by atoms with Gasteiger partial charge in [-0.1, -0.05) is 0 Å². The molecule has 1 aliphatic carbocycles. The second-order valence-electron chi connectivity index (χ2n) is 9.04. The molecule has 0 radical (unpaired) electrons. The zero-order chi connectivity index (χ0) is 27.0. The minimum Gasteiger partial charge on any atom is -0.478 e. The van der Waals surface area contributed by atoms with Crippen molar-refractivity contribution in [1.82, 2.24) is 4.98 Å². The number of aryl methyl sites for hydroxylation is 1. The molecule has 8 nitrogen and oxygen atoms in total. The van der Waals surface area contributed by atoms with Gasteiger partial charge in [-0.3, -0.25) is 14.6 Å². The summed E-state index contributed by atoms with van der Waals surface area (Å²) in [7, 11) is 0. The number of rotatable bonds is 7. The molecule has 1 aromatic heterocycles. The number of hydrogen-bond acceptors (Lipinski definition) is 5. The lowest BCUT2D eigenvalue weighted by Gasteiger charge is -2.16. The number of nitrogens with one attached hydrogen (secondary N) is 2. The van der Waals surface area contributed by atoms with Crippen LogP contribution in [0.2, 0.25) is 0 Å². The van der Waals surface area contributed by atoms with Crippen LogP contribution in [-0.4, -0.2) is 27.9 Å². The fraction of sp³-hybridized carbons (Fsp3) is 0.143. The molecule has 0 aliphatic heterocycles. The Labute approximate surface area is 215 Å². The van der Waals surface area contributed by atoms with Gasteiger partial charge in [-0.05, 0) is 79.9 Å². The van der Waals surface area contributed by atoms with Gasteiger partial charge < -0.3 is 20.5 Å². The van der Waals surface area contributed by atoms with Crippen LogP contribution < -0.4 is 15.4 Å². The highest BCUT2D eigenvalue weighted by Gasteiger charge is 2.56. The monoisotopic (exact) mass is 517 g/mol. The molecule has 5 rings (SSSR count). The molecule has 192 valence electrons. The zero-order valence-electron chi connectivity index (χ0n) is 20.0. The van der Waals surface area contributed by atoms with Gasteiger partial charge in [0.05, 0.1) is 11.1 Å². The van der Waals surface area contributed by atoms with Crippen LogP contribution in [0.15, 0.2) is 66.9 Å². The highest BCUT2D eigenvalue weighted by molar-refractivity contribution is 6.16. The molecule has 1 saturated carbocycles. The number of pyridine rings is 1. The van der Waals surface area contributed by atoms with Gasteiger partial charge in [0.15, 0.2) is 11.6 Å². The lowest BCUT2D eigenvalue weighted by Crippen LogP contribution is -2.35. The van der Waals surface area contributed by atoms with Crippen LogP contribution in [0.4, 0.5) is 20.2 Å². The van der Waals surface area contributed by atoms with E-state index in [0.29, 0.717) is 35.0 Å². The van der Waals surface area contributed by atoms with Crippen LogP contribution in [0.1, 0.15) is 28.8 Å². The third-order valence-corrected chi connectivity index (χ3v) is 6.41. The lowest BCUT2D eigenvalue weighted by atomic mass is 10.0. The number of nitrogens with zero attached hydrogens (tertiary/aromatic N) is 1. The number of aromatic nitrogens is 1. The molecule has 0 unspecified atom stereocenters. The van der Waals surface area contributed by atoms with E-state index in [1.165, 1.54) is 54.7 Å². The third-order valence-electron chi connectivity index (χ3n) is 6.41. The zero-order valence-corrected chi connectivity index (χ0v) is 20.0. The van der Waals surface area contributed by atoms with Gasteiger partial charge in [0, 0.05) is 29.0 Å². The summed E-state index contributed by atoms with van der Waals surface area (Å²) in [6.07, 6.45) is 2.08. The number of aromatic carboxylic acids is 1. The number of anilines is 2. The second-order valence-corrected chi connectivity index (χ2v) is 9.04. The molecule has 4 aromatic rings. The Morgan fingerprint density at radius 3 is 2.18 bits per heavy atom. The smallest absolute Gasteiger partial charge is 0.336 e. The normalized spacial score (nSPS) is 13.6. The van der Waals surface area contributed by atoms with Gasteiger partial charge >= 0.3 is 5.97 Å². The van der Waals surface area contributed by atoms with Crippen molar-refractivity contribution in [3.63, 3.8) is 0 Å². The molecule has 1 aliphatic rings. The Hall–Kier alpha value is -4.86. The first-order chi connectivity index (χ1) is 18.2. The molecule has 0 bridgehead atoms. The molecule has 38 heavy (non-hydrogen) atoms. The Balaban J connectivity index is 1.31. The SMILES string of the molecule is Cc1cc2c(Oc3ccc(NC(=O)C4(C(=O)Nc5ccc(F)cc5)CC4)cc3F)ccnc2cc1C(=O)O. The Morgan fingerprint density at radius 2 is 1.55 bits per heavy atom. The number of hydrogen-bond donors (Lipinski definition) is 3. The summed E-state index contributed by atoms with van der Waals surface area (Å²) < 4.78 is 33.8. The van der Waals surface area contributed by atoms with Gasteiger partial charge in [0.25, 0.3) is 0 Å². The van der Waals surface area contributed by atoms with Crippen molar-refractivity contribution < 1.29 is 33.0 Å². The highest BCUT2D eigenvalue weighted by Crippen LogP contribution is 2.47. The first-order valence-corrected chi connectivity index (χ1v) is 11.6. The molecule has 2 amide bonds. The van der Waals surface area contributed by atoms with Gasteiger partial charge in [0.1, 0.15) is 17.0 Å². The van der Waals surface area contributed by atoms with E-state index in [2.05, 4.69) is 15.6 Å². The van der Waals surface area contributed by atoms with Crippen molar-refractivity contribution in [2.45, 2.75) is 19.8 Å². The Morgan fingerprint density at radius 1 is 0.895 bits per heavy atom. The average Bonchev–Trinajstić information content (AvgIpc) is 3.69. The van der Waals surface area contributed by atoms with Crippen molar-refractivity contribution in [3.05, 3.63) is 89.6 Å². The summed E-state index contributed by atoms with van der Waals surface area (Å²) in [5.41, 5.74) is 0.196. The number of carboxylic acids is 1. The maximum atomic E-state index is 14.9. The number of fused-ring (bicyclic) bond motifs is 1. The molecule has 1 fully saturated rings. The molecule has 0 spiro atoms. The minimum absolute atomic E-state index is 0.105. The van der Waals surface area contributed by atoms with Gasteiger partial charge in [-0.2, -0.15) is 0 Å². The van der Waals surface area contributed by atoms with Crippen molar-refractivity contribution >= 4 is 40.1 Å². The highest BCUT2D eigenvalue weighted by atomic mass is 19.1. The summed E-state index contributed by atoms with van der Waals surface area (Å²) in [6.45, 7) is 1.64. The maximum absolute atomic E-state index is 14.9. The van der Waals surface area contributed by atoms with Crippen LogP contribution in [0.3, 0.4) is 0 Å². The van der Waals surface area contributed by atoms with Gasteiger partial charge in [-0.15, -0.1) is 0 Å². The van der Waals surface area contributed by atoms with Crippen LogP contribution in [0, 0.1) is 24.0 Å². The third kappa shape index (κ3) is 4.75. The van der Waals surface area contributed by atoms with E-state index in [-0.39, 0.29) is 22.7 Å². The number of benzene rings is 3. The topological polar surface area (TPSA) is 118 Å². The van der Waals surface area contributed by atoms with Crippen LogP contribution in [0.5, 0.6) is 11.5 Å². The average molecular weight is 517 g/mol. The van der Waals surface area contributed by atoms with E-state index in [9.17, 15) is 28.3 Å². The number of ether oxygens (including phenoxy) is 1. The Kier molecular flexibility index (Phi) is 6.23. The summed E-state index contributed by atoms with van der Waals surface area (Å²) in [5.74, 6) is -3.22. The first-order valence-electron chi connectivity index (χ1n) is 11.6. The standard InChI is InChI=1S/C28H21F2N3O5/c1-15-12-20-22(14-19(15)25(34)35)31-11-8-23(20)38-24-7-6-18(13-21(24)30)33-27(37)28(9-10-28)26(36)32-17-4-2-16(29)3-5-17/h2-8,11-14H,9-10H2,1H3,(H,32,36)(H,33,37)(H,34,35). The minimum atomic E-state index is -1.29. The molecule has 0 atom stereocenters. The summed E-state index contributed by atoms with van der Waals surface area (Å²) in [4.78, 5) is 41.2. The quantitative estimate of drug-likeness (QED) is 0.272. The van der Waals surface area contributed by atoms with E-state index < -0.39 is 34.8 Å². The lowest BCUT2D eigenvalue weighted by molar-refractivity contribution is -0.131. The van der Waals surface area contributed by atoms with E-state index in [1.54, 1.807) is 13.0 Å². The van der Waals surface area contributed by atoms with Crippen molar-refractivity contribution in [1.29, 1.82) is 0 Å². The van der Waals surface area contributed by atoms with E-state index >= 15 is 0 Å². The van der Waals surface area contributed by atoms with Crippen LogP contribution in [-0.2, 0) is 9.59 Å². The fourth-order valence-electron chi connectivity index (χ4n) is 4.09. The number of halogens is 2. The second kappa shape index (κ2) is 9.55. The predicted octanol–water partition coefficient (Wildman–Crippen LogP) is 5.67. The molecular formula is C28H21F2N3O5. The molecule has 3 aromatic carbocycles. The number of carbonyl (C=O) groups excluding carboxylic acids is 2. The first kappa shape index (κ1) is 24.8. The van der Waals surface area contributed by atoms with Crippen molar-refractivity contribution in [2.75, 3.05) is 10.6 Å². The maximum Gasteiger partial charge on any atom is 0.336 e. The van der Waals surface area contributed by atoms with Gasteiger partial charge in [0.2, 0.25) is 11.8 Å². The van der Waals surface area contributed by atoms with Crippen molar-refractivity contribution in [2.24, 2.45) is 5.41 Å². The van der Waals surface area contributed by atoms with Crippen LogP contribution >= 0.6 is 0 Å².